The molecule has 3 aromatic rings. The standard InChI is InChI=1S/C28H24F3NO4/c1-15-8-5-6-11-20(15)24-23(25(33)21-12-17(3)22(36-4)13-16(21)2)26(34)27(35)32(24)19-10-7-9-18(14-19)28(29,30)31/h5-14,24,33H,1-4H3/b25-23+. The van der Waals surface area contributed by atoms with Crippen molar-refractivity contribution < 1.29 is 32.6 Å². The number of aliphatic hydroxyl groups excluding tert-OH is 1. The van der Waals surface area contributed by atoms with Crippen LogP contribution in [-0.2, 0) is 15.8 Å². The Hall–Kier alpha value is -4.07. The van der Waals surface area contributed by atoms with Crippen LogP contribution >= 0.6 is 0 Å². The molecule has 1 amide bonds. The van der Waals surface area contributed by atoms with Gasteiger partial charge in [-0.1, -0.05) is 30.3 Å². The number of benzene rings is 3. The second-order valence-corrected chi connectivity index (χ2v) is 8.71. The number of alkyl halides is 3. The van der Waals surface area contributed by atoms with Crippen molar-refractivity contribution in [2.45, 2.75) is 33.0 Å². The van der Waals surface area contributed by atoms with E-state index < -0.39 is 35.2 Å². The van der Waals surface area contributed by atoms with Gasteiger partial charge in [-0.15, -0.1) is 0 Å². The van der Waals surface area contributed by atoms with Gasteiger partial charge in [-0.25, -0.2) is 0 Å². The minimum Gasteiger partial charge on any atom is -0.507 e. The molecule has 1 aliphatic heterocycles. The van der Waals surface area contributed by atoms with Gasteiger partial charge in [0.05, 0.1) is 24.3 Å². The summed E-state index contributed by atoms with van der Waals surface area (Å²) in [7, 11) is 1.51. The highest BCUT2D eigenvalue weighted by atomic mass is 19.4. The van der Waals surface area contributed by atoms with E-state index in [1.807, 2.05) is 0 Å². The molecule has 1 heterocycles. The first-order valence-electron chi connectivity index (χ1n) is 11.1. The van der Waals surface area contributed by atoms with E-state index in [4.69, 9.17) is 4.74 Å². The summed E-state index contributed by atoms with van der Waals surface area (Å²) in [5.41, 5.74) is 1.60. The number of halogens is 3. The van der Waals surface area contributed by atoms with Gasteiger partial charge in [0.15, 0.2) is 0 Å². The van der Waals surface area contributed by atoms with Crippen LogP contribution < -0.4 is 9.64 Å². The van der Waals surface area contributed by atoms with E-state index in [1.54, 1.807) is 57.2 Å². The van der Waals surface area contributed by atoms with E-state index in [1.165, 1.54) is 19.2 Å². The topological polar surface area (TPSA) is 66.8 Å². The monoisotopic (exact) mass is 495 g/mol. The summed E-state index contributed by atoms with van der Waals surface area (Å²) in [5, 5.41) is 11.4. The quantitative estimate of drug-likeness (QED) is 0.263. The number of aliphatic hydroxyl groups is 1. The molecule has 186 valence electrons. The van der Waals surface area contributed by atoms with Crippen LogP contribution in [0.4, 0.5) is 18.9 Å². The lowest BCUT2D eigenvalue weighted by atomic mass is 9.91. The van der Waals surface area contributed by atoms with Gasteiger partial charge in [0.1, 0.15) is 11.5 Å². The molecule has 1 saturated heterocycles. The molecule has 0 aromatic heterocycles. The fourth-order valence-corrected chi connectivity index (χ4v) is 4.53. The van der Waals surface area contributed by atoms with E-state index in [0.717, 1.165) is 17.0 Å². The zero-order chi connectivity index (χ0) is 26.4. The minimum absolute atomic E-state index is 0.0955. The number of amides is 1. The Morgan fingerprint density at radius 1 is 0.917 bits per heavy atom. The number of ketones is 1. The highest BCUT2D eigenvalue weighted by Crippen LogP contribution is 2.44. The van der Waals surface area contributed by atoms with Gasteiger partial charge in [-0.05, 0) is 73.4 Å². The van der Waals surface area contributed by atoms with Crippen molar-refractivity contribution in [2.75, 3.05) is 12.0 Å². The zero-order valence-electron chi connectivity index (χ0n) is 20.1. The summed E-state index contributed by atoms with van der Waals surface area (Å²) >= 11 is 0. The van der Waals surface area contributed by atoms with E-state index in [9.17, 15) is 27.9 Å². The highest BCUT2D eigenvalue weighted by Gasteiger charge is 2.48. The highest BCUT2D eigenvalue weighted by molar-refractivity contribution is 6.51. The number of methoxy groups -OCH3 is 1. The second kappa shape index (κ2) is 9.18. The van der Waals surface area contributed by atoms with Gasteiger partial charge in [0.2, 0.25) is 0 Å². The van der Waals surface area contributed by atoms with Crippen LogP contribution in [0.5, 0.6) is 5.75 Å². The number of aryl methyl sites for hydroxylation is 3. The fraction of sp³-hybridized carbons (Fsp3) is 0.214. The third kappa shape index (κ3) is 4.23. The average molecular weight is 495 g/mol. The molecule has 8 heteroatoms. The van der Waals surface area contributed by atoms with Crippen molar-refractivity contribution in [3.63, 3.8) is 0 Å². The summed E-state index contributed by atoms with van der Waals surface area (Å²) in [6, 6.07) is 13.4. The normalized spacial score (nSPS) is 17.5. The van der Waals surface area contributed by atoms with Crippen LogP contribution in [0.1, 0.15) is 39.4 Å². The summed E-state index contributed by atoms with van der Waals surface area (Å²) in [5.74, 6) is -1.82. The molecule has 36 heavy (non-hydrogen) atoms. The molecule has 0 spiro atoms. The molecule has 1 unspecified atom stereocenters. The van der Waals surface area contributed by atoms with Crippen molar-refractivity contribution in [3.8, 4) is 5.75 Å². The molecule has 3 aromatic carbocycles. The van der Waals surface area contributed by atoms with Crippen LogP contribution in [0.3, 0.4) is 0 Å². The van der Waals surface area contributed by atoms with Crippen molar-refractivity contribution in [1.82, 2.24) is 0 Å². The molecule has 5 nitrogen and oxygen atoms in total. The predicted octanol–water partition coefficient (Wildman–Crippen LogP) is 6.27. The summed E-state index contributed by atoms with van der Waals surface area (Å²) < 4.78 is 45.7. The zero-order valence-corrected chi connectivity index (χ0v) is 20.1. The first-order valence-corrected chi connectivity index (χ1v) is 11.1. The Balaban J connectivity index is 2.00. The number of carbonyl (C=O) groups excluding carboxylic acids is 2. The number of hydrogen-bond acceptors (Lipinski definition) is 4. The van der Waals surface area contributed by atoms with E-state index in [0.29, 0.717) is 33.6 Å². The molecule has 0 saturated carbocycles. The first-order chi connectivity index (χ1) is 17.0. The van der Waals surface area contributed by atoms with Crippen LogP contribution in [0, 0.1) is 20.8 Å². The van der Waals surface area contributed by atoms with Gasteiger partial charge in [-0.3, -0.25) is 14.5 Å². The molecule has 0 radical (unpaired) electrons. The maximum absolute atomic E-state index is 13.5. The predicted molar refractivity (Wildman–Crippen MR) is 130 cm³/mol. The van der Waals surface area contributed by atoms with Crippen molar-refractivity contribution >= 4 is 23.1 Å². The average Bonchev–Trinajstić information content (AvgIpc) is 3.10. The number of ether oxygens (including phenoxy) is 1. The van der Waals surface area contributed by atoms with Crippen LogP contribution in [-0.4, -0.2) is 23.9 Å². The molecule has 0 aliphatic carbocycles. The molecular weight excluding hydrogens is 471 g/mol. The van der Waals surface area contributed by atoms with Crippen molar-refractivity contribution in [3.05, 3.63) is 99.6 Å². The third-order valence-electron chi connectivity index (χ3n) is 6.38. The number of Topliss-reactive ketones (excluding diaryl/α,β-unsaturated/α-hetero) is 1. The Bertz CT molecular complexity index is 1410. The minimum atomic E-state index is -4.64. The lowest BCUT2D eigenvalue weighted by Gasteiger charge is -2.27. The Morgan fingerprint density at radius 2 is 1.61 bits per heavy atom. The molecule has 1 atom stereocenters. The lowest BCUT2D eigenvalue weighted by Crippen LogP contribution is -2.30. The number of hydrogen-bond donors (Lipinski definition) is 1. The van der Waals surface area contributed by atoms with Crippen LogP contribution in [0.15, 0.2) is 66.2 Å². The Morgan fingerprint density at radius 3 is 2.25 bits per heavy atom. The Labute approximate surface area is 206 Å². The molecule has 1 aliphatic rings. The van der Waals surface area contributed by atoms with E-state index >= 15 is 0 Å². The number of anilines is 1. The maximum atomic E-state index is 13.5. The smallest absolute Gasteiger partial charge is 0.416 e. The molecule has 0 bridgehead atoms. The SMILES string of the molecule is COc1cc(C)c(/C(O)=C2\C(=O)C(=O)N(c3cccc(C(F)(F)F)c3)C2c2ccccc2C)cc1C. The van der Waals surface area contributed by atoms with Gasteiger partial charge in [0, 0.05) is 11.3 Å². The van der Waals surface area contributed by atoms with E-state index in [2.05, 4.69) is 0 Å². The van der Waals surface area contributed by atoms with Gasteiger partial charge >= 0.3 is 6.18 Å². The first kappa shape index (κ1) is 25.0. The third-order valence-corrected chi connectivity index (χ3v) is 6.38. The van der Waals surface area contributed by atoms with Gasteiger partial charge in [0.25, 0.3) is 11.7 Å². The number of rotatable bonds is 4. The van der Waals surface area contributed by atoms with Crippen LogP contribution in [0.2, 0.25) is 0 Å². The summed E-state index contributed by atoms with van der Waals surface area (Å²) in [6.45, 7) is 5.27. The van der Waals surface area contributed by atoms with Gasteiger partial charge < -0.3 is 9.84 Å². The fourth-order valence-electron chi connectivity index (χ4n) is 4.53. The second-order valence-electron chi connectivity index (χ2n) is 8.71. The van der Waals surface area contributed by atoms with Crippen molar-refractivity contribution in [2.24, 2.45) is 0 Å². The molecule has 4 rings (SSSR count). The number of nitrogens with zero attached hydrogens (tertiary/aromatic N) is 1. The Kier molecular flexibility index (Phi) is 6.39. The number of carbonyl (C=O) groups is 2. The van der Waals surface area contributed by atoms with Gasteiger partial charge in [-0.2, -0.15) is 13.2 Å². The maximum Gasteiger partial charge on any atom is 0.416 e. The lowest BCUT2D eigenvalue weighted by molar-refractivity contribution is -0.137. The largest absolute Gasteiger partial charge is 0.507 e. The van der Waals surface area contributed by atoms with Crippen LogP contribution in [0.25, 0.3) is 5.76 Å². The summed E-state index contributed by atoms with van der Waals surface area (Å²) in [4.78, 5) is 27.7. The van der Waals surface area contributed by atoms with Crippen molar-refractivity contribution in [1.29, 1.82) is 0 Å². The van der Waals surface area contributed by atoms with E-state index in [-0.39, 0.29) is 11.3 Å². The molecule has 1 N–H and O–H groups in total. The molecular formula is C28H24F3NO4. The molecule has 1 fully saturated rings. The summed E-state index contributed by atoms with van der Waals surface area (Å²) in [6.07, 6.45) is -4.64.